The van der Waals surface area contributed by atoms with Gasteiger partial charge in [-0.25, -0.2) is 9.37 Å². The van der Waals surface area contributed by atoms with Crippen molar-refractivity contribution in [3.63, 3.8) is 0 Å². The van der Waals surface area contributed by atoms with Gasteiger partial charge in [-0.1, -0.05) is 0 Å². The second-order valence-electron chi connectivity index (χ2n) is 9.89. The van der Waals surface area contributed by atoms with Gasteiger partial charge in [-0.15, -0.1) is 0 Å². The number of ether oxygens (including phenoxy) is 3. The lowest BCUT2D eigenvalue weighted by molar-refractivity contribution is -0.0917. The first-order valence-electron chi connectivity index (χ1n) is 12.8. The SMILES string of the molecule is Cc1ncc(NC(=O)c2ccnc(C(C)(C)F)c2)cc1-c1cc(C2COCCO2)nc(N2CCOCC2)c1. The first kappa shape index (κ1) is 26.1. The van der Waals surface area contributed by atoms with E-state index >= 15 is 0 Å². The summed E-state index contributed by atoms with van der Waals surface area (Å²) in [6.07, 6.45) is 2.79. The fourth-order valence-corrected chi connectivity index (χ4v) is 4.46. The molecule has 1 amide bonds. The summed E-state index contributed by atoms with van der Waals surface area (Å²) in [6, 6.07) is 8.95. The first-order valence-corrected chi connectivity index (χ1v) is 12.8. The van der Waals surface area contributed by atoms with Crippen LogP contribution in [0.5, 0.6) is 0 Å². The first-order chi connectivity index (χ1) is 18.3. The minimum absolute atomic E-state index is 0.196. The van der Waals surface area contributed by atoms with Crippen LogP contribution in [0.3, 0.4) is 0 Å². The van der Waals surface area contributed by atoms with Crippen LogP contribution in [0.25, 0.3) is 11.1 Å². The number of anilines is 2. The molecule has 0 aliphatic carbocycles. The predicted molar refractivity (Wildman–Crippen MR) is 141 cm³/mol. The van der Waals surface area contributed by atoms with Crippen LogP contribution in [0.1, 0.15) is 47.4 Å². The molecule has 2 aliphatic rings. The van der Waals surface area contributed by atoms with Gasteiger partial charge in [0.25, 0.3) is 5.91 Å². The Morgan fingerprint density at radius 3 is 2.63 bits per heavy atom. The fourth-order valence-electron chi connectivity index (χ4n) is 4.46. The van der Waals surface area contributed by atoms with Gasteiger partial charge in [-0.2, -0.15) is 0 Å². The molecule has 1 N–H and O–H groups in total. The summed E-state index contributed by atoms with van der Waals surface area (Å²) >= 11 is 0. The van der Waals surface area contributed by atoms with Crippen LogP contribution in [0.4, 0.5) is 15.9 Å². The van der Waals surface area contributed by atoms with Crippen molar-refractivity contribution in [1.29, 1.82) is 0 Å². The van der Waals surface area contributed by atoms with E-state index in [1.54, 1.807) is 12.3 Å². The Labute approximate surface area is 221 Å². The molecule has 9 nitrogen and oxygen atoms in total. The monoisotopic (exact) mass is 521 g/mol. The number of aromatic nitrogens is 3. The lowest BCUT2D eigenvalue weighted by Gasteiger charge is -2.30. The summed E-state index contributed by atoms with van der Waals surface area (Å²) in [5.74, 6) is 0.466. The van der Waals surface area contributed by atoms with Crippen LogP contribution in [0.15, 0.2) is 42.7 Å². The number of hydrogen-bond donors (Lipinski definition) is 1. The highest BCUT2D eigenvalue weighted by Gasteiger charge is 2.24. The molecule has 0 spiro atoms. The molecule has 0 saturated carbocycles. The minimum Gasteiger partial charge on any atom is -0.378 e. The van der Waals surface area contributed by atoms with E-state index in [1.807, 2.05) is 25.1 Å². The third-order valence-corrected chi connectivity index (χ3v) is 6.60. The van der Waals surface area contributed by atoms with Crippen molar-refractivity contribution in [3.8, 4) is 11.1 Å². The number of hydrogen-bond acceptors (Lipinski definition) is 8. The molecular formula is C28H32FN5O4. The zero-order valence-corrected chi connectivity index (χ0v) is 21.9. The van der Waals surface area contributed by atoms with E-state index in [1.165, 1.54) is 26.1 Å². The Balaban J connectivity index is 1.47. The van der Waals surface area contributed by atoms with Gasteiger partial charge in [-0.05, 0) is 56.7 Å². The van der Waals surface area contributed by atoms with Gasteiger partial charge < -0.3 is 24.4 Å². The average molecular weight is 522 g/mol. The number of nitrogens with one attached hydrogen (secondary N) is 1. The molecule has 1 unspecified atom stereocenters. The molecule has 1 atom stereocenters. The summed E-state index contributed by atoms with van der Waals surface area (Å²) in [7, 11) is 0. The zero-order valence-electron chi connectivity index (χ0n) is 21.9. The van der Waals surface area contributed by atoms with E-state index < -0.39 is 5.67 Å². The number of alkyl halides is 1. The Hall–Kier alpha value is -3.47. The molecule has 200 valence electrons. The largest absolute Gasteiger partial charge is 0.378 e. The van der Waals surface area contributed by atoms with Gasteiger partial charge in [0.15, 0.2) is 0 Å². The van der Waals surface area contributed by atoms with Crippen LogP contribution >= 0.6 is 0 Å². The maximum absolute atomic E-state index is 14.4. The second-order valence-corrected chi connectivity index (χ2v) is 9.89. The van der Waals surface area contributed by atoms with Crippen LogP contribution in [0.2, 0.25) is 0 Å². The van der Waals surface area contributed by atoms with E-state index in [4.69, 9.17) is 19.2 Å². The number of halogens is 1. The van der Waals surface area contributed by atoms with E-state index in [9.17, 15) is 9.18 Å². The Morgan fingerprint density at radius 1 is 1.08 bits per heavy atom. The molecule has 3 aromatic heterocycles. The molecule has 2 fully saturated rings. The van der Waals surface area contributed by atoms with Gasteiger partial charge in [0.2, 0.25) is 0 Å². The maximum Gasteiger partial charge on any atom is 0.255 e. The number of aryl methyl sites for hydroxylation is 1. The summed E-state index contributed by atoms with van der Waals surface area (Å²) in [4.78, 5) is 28.7. The molecule has 5 heterocycles. The molecule has 0 aromatic carbocycles. The van der Waals surface area contributed by atoms with Gasteiger partial charge >= 0.3 is 0 Å². The van der Waals surface area contributed by atoms with E-state index in [0.717, 1.165) is 41.4 Å². The topological polar surface area (TPSA) is 98.7 Å². The Kier molecular flexibility index (Phi) is 7.64. The highest BCUT2D eigenvalue weighted by Crippen LogP contribution is 2.32. The normalized spacial score (nSPS) is 18.3. The quantitative estimate of drug-likeness (QED) is 0.515. The van der Waals surface area contributed by atoms with Crippen molar-refractivity contribution >= 4 is 17.4 Å². The van der Waals surface area contributed by atoms with Crippen LogP contribution in [-0.2, 0) is 19.9 Å². The summed E-state index contributed by atoms with van der Waals surface area (Å²) in [5, 5.41) is 2.89. The van der Waals surface area contributed by atoms with Crippen molar-refractivity contribution in [2.24, 2.45) is 0 Å². The van der Waals surface area contributed by atoms with Crippen molar-refractivity contribution in [2.75, 3.05) is 56.3 Å². The number of nitrogens with zero attached hydrogens (tertiary/aromatic N) is 4. The van der Waals surface area contributed by atoms with Gasteiger partial charge in [0, 0.05) is 36.1 Å². The van der Waals surface area contributed by atoms with E-state index in [0.29, 0.717) is 44.3 Å². The highest BCUT2D eigenvalue weighted by atomic mass is 19.1. The fraction of sp³-hybridized carbons (Fsp3) is 0.429. The van der Waals surface area contributed by atoms with Crippen LogP contribution in [0, 0.1) is 6.92 Å². The Bertz CT molecular complexity index is 1260. The molecule has 3 aromatic rings. The van der Waals surface area contributed by atoms with E-state index in [2.05, 4.69) is 20.2 Å². The summed E-state index contributed by atoms with van der Waals surface area (Å²) in [6.45, 7) is 9.04. The van der Waals surface area contributed by atoms with Crippen molar-refractivity contribution in [1.82, 2.24) is 15.0 Å². The number of carbonyl (C=O) groups is 1. The Morgan fingerprint density at radius 2 is 1.89 bits per heavy atom. The minimum atomic E-state index is -1.65. The molecule has 5 rings (SSSR count). The average Bonchev–Trinajstić information content (AvgIpc) is 2.94. The second kappa shape index (κ2) is 11.1. The third kappa shape index (κ3) is 5.98. The number of carbonyl (C=O) groups excluding carboxylic acids is 1. The van der Waals surface area contributed by atoms with Crippen molar-refractivity contribution in [2.45, 2.75) is 32.5 Å². The smallest absolute Gasteiger partial charge is 0.255 e. The van der Waals surface area contributed by atoms with Crippen molar-refractivity contribution < 1.29 is 23.4 Å². The standard InChI is InChI=1S/C28H32FN5O4/c1-18-22(15-21(16-31-18)32-27(35)19-4-5-30-25(13-19)28(2,3)29)20-12-23(24-17-37-10-11-38-24)33-26(14-20)34-6-8-36-9-7-34/h4-5,12-16,24H,6-11,17H2,1-3H3,(H,32,35). The summed E-state index contributed by atoms with van der Waals surface area (Å²) < 4.78 is 31.5. The molecule has 2 saturated heterocycles. The number of morpholine rings is 1. The van der Waals surface area contributed by atoms with Crippen LogP contribution in [-0.4, -0.2) is 67.0 Å². The molecule has 38 heavy (non-hydrogen) atoms. The molecule has 0 bridgehead atoms. The van der Waals surface area contributed by atoms with Gasteiger partial charge in [0.05, 0.1) is 56.3 Å². The molecule has 0 radical (unpaired) electrons. The molecule has 10 heteroatoms. The third-order valence-electron chi connectivity index (χ3n) is 6.60. The van der Waals surface area contributed by atoms with Crippen LogP contribution < -0.4 is 10.2 Å². The maximum atomic E-state index is 14.4. The lowest BCUT2D eigenvalue weighted by Crippen LogP contribution is -2.37. The highest BCUT2D eigenvalue weighted by molar-refractivity contribution is 6.04. The number of amides is 1. The molecule has 2 aliphatic heterocycles. The van der Waals surface area contributed by atoms with Gasteiger partial charge in [-0.3, -0.25) is 14.8 Å². The van der Waals surface area contributed by atoms with Gasteiger partial charge in [0.1, 0.15) is 17.6 Å². The number of rotatable bonds is 6. The van der Waals surface area contributed by atoms with E-state index in [-0.39, 0.29) is 17.7 Å². The number of pyridine rings is 3. The summed E-state index contributed by atoms with van der Waals surface area (Å²) in [5.41, 5.74) is 2.75. The predicted octanol–water partition coefficient (Wildman–Crippen LogP) is 4.23. The zero-order chi connectivity index (χ0) is 26.7. The van der Waals surface area contributed by atoms with Crippen molar-refractivity contribution in [3.05, 3.63) is 65.4 Å². The molecular weight excluding hydrogens is 489 g/mol. The lowest BCUT2D eigenvalue weighted by atomic mass is 10.0.